The van der Waals surface area contributed by atoms with Crippen LogP contribution >= 0.6 is 0 Å². The first-order valence-corrected chi connectivity index (χ1v) is 12.7. The van der Waals surface area contributed by atoms with Gasteiger partial charge in [0.1, 0.15) is 17.1 Å². The number of amides is 1. The highest BCUT2D eigenvalue weighted by molar-refractivity contribution is 6.06. The van der Waals surface area contributed by atoms with Crippen LogP contribution in [0.1, 0.15) is 81.4 Å². The summed E-state index contributed by atoms with van der Waals surface area (Å²) in [6, 6.07) is 5.52. The molecular weight excluding hydrogens is 444 g/mol. The molecule has 4 heterocycles. The van der Waals surface area contributed by atoms with E-state index in [2.05, 4.69) is 12.2 Å². The highest BCUT2D eigenvalue weighted by atomic mass is 16.5. The van der Waals surface area contributed by atoms with Crippen LogP contribution in [0.15, 0.2) is 41.6 Å². The number of aromatic nitrogens is 3. The molecule has 1 aliphatic heterocycles. The van der Waals surface area contributed by atoms with Crippen LogP contribution in [0.2, 0.25) is 0 Å². The average Bonchev–Trinajstić information content (AvgIpc) is 3.37. The van der Waals surface area contributed by atoms with Crippen LogP contribution in [0.3, 0.4) is 0 Å². The molecule has 0 spiro atoms. The maximum absolute atomic E-state index is 13.4. The summed E-state index contributed by atoms with van der Waals surface area (Å²) in [6.45, 7) is 6.87. The molecule has 2 bridgehead atoms. The number of hydrogen-bond acceptors (Lipinski definition) is 5. The number of fused-ring (bicyclic) bond motifs is 3. The van der Waals surface area contributed by atoms with Crippen molar-refractivity contribution >= 4 is 17.2 Å². The lowest BCUT2D eigenvalue weighted by atomic mass is 9.84. The van der Waals surface area contributed by atoms with Gasteiger partial charge in [-0.25, -0.2) is 4.98 Å². The molecule has 1 saturated heterocycles. The maximum atomic E-state index is 13.4. The zero-order valence-electron chi connectivity index (χ0n) is 20.5. The smallest absolute Gasteiger partial charge is 0.274 e. The van der Waals surface area contributed by atoms with Crippen molar-refractivity contribution < 1.29 is 14.3 Å². The fraction of sp³-hybridized carbons (Fsp3) is 0.519. The molecule has 3 aromatic rings. The fourth-order valence-corrected chi connectivity index (χ4v) is 5.52. The largest absolute Gasteiger partial charge is 0.490 e. The number of imidazole rings is 1. The standard InChI is InChI=1S/C27H32N4O4/c1-4-17(2)35-21-12-23-29-22(27-10-9-26(3,15-27)34-16-27)14-30(23)13-19(21)24(32)28-20-6-5-11-31(25(20)33)18-7-8-18/h5-6,11-14,17-18H,4,7-10,15-16H2,1-3H3,(H,28,32)/t17-,26-,27-/m0/s1. The number of hydrogen-bond donors (Lipinski definition) is 1. The van der Waals surface area contributed by atoms with Gasteiger partial charge in [0.05, 0.1) is 29.6 Å². The number of carbonyl (C=O) groups excluding carboxylic acids is 1. The lowest BCUT2D eigenvalue weighted by Gasteiger charge is -2.24. The molecular formula is C27H32N4O4. The van der Waals surface area contributed by atoms with Gasteiger partial charge >= 0.3 is 0 Å². The third kappa shape index (κ3) is 3.84. The van der Waals surface area contributed by atoms with Gasteiger partial charge < -0.3 is 23.8 Å². The highest BCUT2D eigenvalue weighted by Gasteiger charge is 2.55. The van der Waals surface area contributed by atoms with Gasteiger partial charge in [-0.1, -0.05) is 6.92 Å². The van der Waals surface area contributed by atoms with Gasteiger partial charge in [0.25, 0.3) is 11.5 Å². The van der Waals surface area contributed by atoms with Crippen molar-refractivity contribution in [2.45, 2.75) is 82.5 Å². The molecule has 1 amide bonds. The molecule has 3 aromatic heterocycles. The Morgan fingerprint density at radius 2 is 2.17 bits per heavy atom. The van der Waals surface area contributed by atoms with E-state index in [1.807, 2.05) is 30.5 Å². The van der Waals surface area contributed by atoms with Crippen LogP contribution in [-0.4, -0.2) is 38.2 Å². The van der Waals surface area contributed by atoms with E-state index in [1.165, 1.54) is 0 Å². The lowest BCUT2D eigenvalue weighted by molar-refractivity contribution is -0.00627. The Hall–Kier alpha value is -3.13. The van der Waals surface area contributed by atoms with Crippen molar-refractivity contribution in [3.8, 4) is 5.75 Å². The Morgan fingerprint density at radius 3 is 2.83 bits per heavy atom. The molecule has 8 heteroatoms. The summed E-state index contributed by atoms with van der Waals surface area (Å²) in [5.74, 6) is 0.0956. The monoisotopic (exact) mass is 476 g/mol. The molecule has 2 saturated carbocycles. The van der Waals surface area contributed by atoms with Gasteiger partial charge in [-0.3, -0.25) is 9.59 Å². The number of carbonyl (C=O) groups is 1. The van der Waals surface area contributed by atoms with E-state index < -0.39 is 0 Å². The van der Waals surface area contributed by atoms with Crippen molar-refractivity contribution in [2.24, 2.45) is 0 Å². The van der Waals surface area contributed by atoms with Gasteiger partial charge in [-0.05, 0) is 64.5 Å². The minimum Gasteiger partial charge on any atom is -0.490 e. The zero-order chi connectivity index (χ0) is 24.4. The van der Waals surface area contributed by atoms with Crippen molar-refractivity contribution in [1.82, 2.24) is 14.0 Å². The molecule has 6 rings (SSSR count). The molecule has 0 radical (unpaired) electrons. The Labute approximate surface area is 204 Å². The van der Waals surface area contributed by atoms with E-state index >= 15 is 0 Å². The van der Waals surface area contributed by atoms with E-state index in [0.717, 1.165) is 49.9 Å². The molecule has 3 atom stereocenters. The molecule has 3 aliphatic rings. The van der Waals surface area contributed by atoms with E-state index in [-0.39, 0.29) is 40.3 Å². The third-order valence-corrected chi connectivity index (χ3v) is 7.95. The van der Waals surface area contributed by atoms with Crippen LogP contribution < -0.4 is 15.6 Å². The van der Waals surface area contributed by atoms with Gasteiger partial charge in [0.15, 0.2) is 0 Å². The summed E-state index contributed by atoms with van der Waals surface area (Å²) in [7, 11) is 0. The summed E-state index contributed by atoms with van der Waals surface area (Å²) < 4.78 is 15.8. The Balaban J connectivity index is 1.37. The van der Waals surface area contributed by atoms with Crippen molar-refractivity contribution in [2.75, 3.05) is 11.9 Å². The number of anilines is 1. The maximum Gasteiger partial charge on any atom is 0.274 e. The van der Waals surface area contributed by atoms with E-state index in [0.29, 0.717) is 17.9 Å². The zero-order valence-corrected chi connectivity index (χ0v) is 20.5. The molecule has 2 aliphatic carbocycles. The Kier molecular flexibility index (Phi) is 5.07. The molecule has 8 nitrogen and oxygen atoms in total. The van der Waals surface area contributed by atoms with Crippen LogP contribution in [0.25, 0.3) is 5.65 Å². The summed E-state index contributed by atoms with van der Waals surface area (Å²) in [5, 5.41) is 2.83. The molecule has 3 fully saturated rings. The number of pyridine rings is 2. The molecule has 35 heavy (non-hydrogen) atoms. The van der Waals surface area contributed by atoms with E-state index in [9.17, 15) is 9.59 Å². The minimum atomic E-state index is -0.373. The van der Waals surface area contributed by atoms with Gasteiger partial charge in [-0.15, -0.1) is 0 Å². The predicted molar refractivity (Wildman–Crippen MR) is 132 cm³/mol. The first-order valence-electron chi connectivity index (χ1n) is 12.7. The highest BCUT2D eigenvalue weighted by Crippen LogP contribution is 2.53. The molecule has 1 N–H and O–H groups in total. The fourth-order valence-electron chi connectivity index (χ4n) is 5.52. The first-order chi connectivity index (χ1) is 16.8. The second-order valence-electron chi connectivity index (χ2n) is 10.8. The second kappa shape index (κ2) is 7.95. The molecule has 184 valence electrons. The van der Waals surface area contributed by atoms with E-state index in [1.54, 1.807) is 29.1 Å². The van der Waals surface area contributed by atoms with Gasteiger partial charge in [0.2, 0.25) is 0 Å². The van der Waals surface area contributed by atoms with Crippen molar-refractivity contribution in [3.05, 3.63) is 58.4 Å². The topological polar surface area (TPSA) is 86.9 Å². The number of rotatable bonds is 7. The minimum absolute atomic E-state index is 0.0608. The SMILES string of the molecule is CC[C@H](C)Oc1cc2nc([C@@]34CC[C@@](C)(C3)OC4)cn2cc1C(=O)Nc1cccn(C2CC2)c1=O. The Morgan fingerprint density at radius 1 is 1.34 bits per heavy atom. The summed E-state index contributed by atoms with van der Waals surface area (Å²) in [5.41, 5.74) is 2.08. The number of nitrogens with zero attached hydrogens (tertiary/aromatic N) is 3. The summed E-state index contributed by atoms with van der Waals surface area (Å²) in [4.78, 5) is 31.3. The van der Waals surface area contributed by atoms with Crippen LogP contribution in [0.5, 0.6) is 5.75 Å². The quantitative estimate of drug-likeness (QED) is 0.544. The summed E-state index contributed by atoms with van der Waals surface area (Å²) >= 11 is 0. The van der Waals surface area contributed by atoms with Gasteiger partial charge in [-0.2, -0.15) is 0 Å². The third-order valence-electron chi connectivity index (χ3n) is 7.95. The van der Waals surface area contributed by atoms with Crippen LogP contribution in [0, 0.1) is 0 Å². The van der Waals surface area contributed by atoms with Crippen molar-refractivity contribution in [3.63, 3.8) is 0 Å². The number of ether oxygens (including phenoxy) is 2. The second-order valence-corrected chi connectivity index (χ2v) is 10.8. The van der Waals surface area contributed by atoms with E-state index in [4.69, 9.17) is 14.5 Å². The molecule has 0 aromatic carbocycles. The summed E-state index contributed by atoms with van der Waals surface area (Å²) in [6.07, 6.45) is 11.3. The van der Waals surface area contributed by atoms with Crippen LogP contribution in [0.4, 0.5) is 5.69 Å². The Bertz CT molecular complexity index is 1360. The normalized spacial score (nSPS) is 26.3. The number of nitrogens with one attached hydrogen (secondary N) is 1. The average molecular weight is 477 g/mol. The van der Waals surface area contributed by atoms with Crippen LogP contribution in [-0.2, 0) is 10.2 Å². The van der Waals surface area contributed by atoms with Gasteiger partial charge in [0, 0.05) is 36.1 Å². The predicted octanol–water partition coefficient (Wildman–Crippen LogP) is 4.47. The van der Waals surface area contributed by atoms with Crippen molar-refractivity contribution in [1.29, 1.82) is 0 Å². The molecule has 0 unspecified atom stereocenters. The first kappa shape index (κ1) is 22.3. The lowest BCUT2D eigenvalue weighted by Crippen LogP contribution is -2.26.